The lowest BCUT2D eigenvalue weighted by Crippen LogP contribution is -2.18. The molecule has 3 N–H and O–H groups in total. The third-order valence-electron chi connectivity index (χ3n) is 1.97. The predicted molar refractivity (Wildman–Crippen MR) is 63.6 cm³/mol. The summed E-state index contributed by atoms with van der Waals surface area (Å²) in [6.45, 7) is 0.574. The van der Waals surface area contributed by atoms with Crippen LogP contribution in [-0.2, 0) is 4.74 Å². The number of aromatic nitrogens is 1. The molecule has 0 aliphatic rings. The molecule has 1 amide bonds. The average Bonchev–Trinajstić information content (AvgIpc) is 2.66. The van der Waals surface area contributed by atoms with Crippen LogP contribution in [0.4, 0.5) is 14.3 Å². The van der Waals surface area contributed by atoms with Gasteiger partial charge in [-0.25, -0.2) is 14.2 Å². The van der Waals surface area contributed by atoms with Gasteiger partial charge in [-0.2, -0.15) is 0 Å². The van der Waals surface area contributed by atoms with Crippen molar-refractivity contribution in [2.75, 3.05) is 18.5 Å². The van der Waals surface area contributed by atoms with E-state index in [9.17, 15) is 9.18 Å². The number of fused-ring (bicyclic) bond motifs is 1. The molecule has 1 heterocycles. The number of ether oxygens (including phenoxy) is 1. The maximum absolute atomic E-state index is 12.9. The van der Waals surface area contributed by atoms with E-state index in [1.165, 1.54) is 23.5 Å². The molecule has 0 fully saturated rings. The van der Waals surface area contributed by atoms with Gasteiger partial charge < -0.3 is 15.8 Å². The van der Waals surface area contributed by atoms with Crippen LogP contribution in [0, 0.1) is 5.82 Å². The maximum atomic E-state index is 12.9. The van der Waals surface area contributed by atoms with E-state index in [1.54, 1.807) is 6.07 Å². The van der Waals surface area contributed by atoms with Gasteiger partial charge in [0.2, 0.25) is 0 Å². The molecule has 7 heteroatoms. The van der Waals surface area contributed by atoms with E-state index in [2.05, 4.69) is 15.0 Å². The van der Waals surface area contributed by atoms with Crippen LogP contribution in [0.5, 0.6) is 0 Å². The standard InChI is InChI=1S/C10H10FN3O2S/c11-6-1-2-7-8(5-6)17-10(14-7)13-3-4-16-9(12)15/h1-2,5H,3-4H2,(H2,12,15)(H,13,14). The first-order valence-corrected chi connectivity index (χ1v) is 5.69. The van der Waals surface area contributed by atoms with Crippen molar-refractivity contribution in [3.8, 4) is 0 Å². The fourth-order valence-corrected chi connectivity index (χ4v) is 2.20. The second-order valence-corrected chi connectivity index (χ2v) is 4.26. The summed E-state index contributed by atoms with van der Waals surface area (Å²) in [6.07, 6.45) is -0.807. The van der Waals surface area contributed by atoms with Gasteiger partial charge >= 0.3 is 6.09 Å². The van der Waals surface area contributed by atoms with Crippen LogP contribution in [0.15, 0.2) is 18.2 Å². The van der Waals surface area contributed by atoms with Crippen LogP contribution in [0.25, 0.3) is 10.2 Å². The molecule has 0 saturated heterocycles. The SMILES string of the molecule is NC(=O)OCCNc1nc2ccc(F)cc2s1. The molecule has 0 aliphatic heterocycles. The number of hydrogen-bond acceptors (Lipinski definition) is 5. The highest BCUT2D eigenvalue weighted by atomic mass is 32.1. The molecule has 0 spiro atoms. The van der Waals surface area contributed by atoms with E-state index < -0.39 is 6.09 Å². The molecule has 5 nitrogen and oxygen atoms in total. The Morgan fingerprint density at radius 3 is 3.18 bits per heavy atom. The topological polar surface area (TPSA) is 77.2 Å². The van der Waals surface area contributed by atoms with Gasteiger partial charge in [-0.3, -0.25) is 0 Å². The zero-order valence-corrected chi connectivity index (χ0v) is 9.59. The molecule has 17 heavy (non-hydrogen) atoms. The molecule has 90 valence electrons. The van der Waals surface area contributed by atoms with E-state index in [1.807, 2.05) is 0 Å². The maximum Gasteiger partial charge on any atom is 0.404 e. The van der Waals surface area contributed by atoms with Crippen molar-refractivity contribution in [3.63, 3.8) is 0 Å². The van der Waals surface area contributed by atoms with Crippen molar-refractivity contribution in [1.29, 1.82) is 0 Å². The number of nitrogens with zero attached hydrogens (tertiary/aromatic N) is 1. The van der Waals surface area contributed by atoms with Crippen molar-refractivity contribution in [2.24, 2.45) is 5.73 Å². The number of carbonyl (C=O) groups excluding carboxylic acids is 1. The monoisotopic (exact) mass is 255 g/mol. The number of thiazole rings is 1. The van der Waals surface area contributed by atoms with Gasteiger partial charge in [0.05, 0.1) is 16.8 Å². The summed E-state index contributed by atoms with van der Waals surface area (Å²) in [7, 11) is 0. The van der Waals surface area contributed by atoms with Gasteiger partial charge in [0.1, 0.15) is 12.4 Å². The Labute approximate surface area is 100 Å². The summed E-state index contributed by atoms with van der Waals surface area (Å²) in [5.74, 6) is -0.287. The molecular weight excluding hydrogens is 245 g/mol. The van der Waals surface area contributed by atoms with Crippen molar-refractivity contribution < 1.29 is 13.9 Å². The van der Waals surface area contributed by atoms with Gasteiger partial charge in [-0.15, -0.1) is 0 Å². The number of benzene rings is 1. The fraction of sp³-hybridized carbons (Fsp3) is 0.200. The predicted octanol–water partition coefficient (Wildman–Crippen LogP) is 1.94. The van der Waals surface area contributed by atoms with Crippen molar-refractivity contribution in [1.82, 2.24) is 4.98 Å². The highest BCUT2D eigenvalue weighted by Gasteiger charge is 2.04. The van der Waals surface area contributed by atoms with E-state index in [0.29, 0.717) is 11.7 Å². The smallest absolute Gasteiger partial charge is 0.404 e. The Balaban J connectivity index is 1.97. The Bertz CT molecular complexity index is 543. The first kappa shape index (κ1) is 11.6. The number of primary amides is 1. The molecule has 0 saturated carbocycles. The van der Waals surface area contributed by atoms with Crippen LogP contribution in [0.2, 0.25) is 0 Å². The first-order chi connectivity index (χ1) is 8.15. The summed E-state index contributed by atoms with van der Waals surface area (Å²) in [4.78, 5) is 14.5. The Morgan fingerprint density at radius 2 is 2.41 bits per heavy atom. The first-order valence-electron chi connectivity index (χ1n) is 4.87. The lowest BCUT2D eigenvalue weighted by Gasteiger charge is -2.01. The van der Waals surface area contributed by atoms with Gasteiger partial charge in [0, 0.05) is 0 Å². The van der Waals surface area contributed by atoms with Crippen molar-refractivity contribution in [2.45, 2.75) is 0 Å². The minimum absolute atomic E-state index is 0.166. The highest BCUT2D eigenvalue weighted by molar-refractivity contribution is 7.22. The van der Waals surface area contributed by atoms with Gasteiger partial charge in [-0.05, 0) is 18.2 Å². The second-order valence-electron chi connectivity index (χ2n) is 3.23. The van der Waals surface area contributed by atoms with Crippen LogP contribution < -0.4 is 11.1 Å². The zero-order chi connectivity index (χ0) is 12.3. The number of carbonyl (C=O) groups is 1. The molecular formula is C10H10FN3O2S. The summed E-state index contributed by atoms with van der Waals surface area (Å²) in [6, 6.07) is 4.41. The summed E-state index contributed by atoms with van der Waals surface area (Å²) < 4.78 is 18.2. The molecule has 2 rings (SSSR count). The fourth-order valence-electron chi connectivity index (χ4n) is 1.28. The molecule has 0 unspecified atom stereocenters. The number of rotatable bonds is 4. The Kier molecular flexibility index (Phi) is 3.38. The molecule has 0 radical (unpaired) electrons. The molecule has 2 aromatic rings. The minimum Gasteiger partial charge on any atom is -0.448 e. The normalized spacial score (nSPS) is 10.4. The molecule has 0 atom stereocenters. The largest absolute Gasteiger partial charge is 0.448 e. The third kappa shape index (κ3) is 3.04. The van der Waals surface area contributed by atoms with E-state index in [4.69, 9.17) is 5.73 Å². The van der Waals surface area contributed by atoms with E-state index in [0.717, 1.165) is 10.2 Å². The highest BCUT2D eigenvalue weighted by Crippen LogP contribution is 2.26. The van der Waals surface area contributed by atoms with Crippen molar-refractivity contribution in [3.05, 3.63) is 24.0 Å². The third-order valence-corrected chi connectivity index (χ3v) is 2.95. The summed E-state index contributed by atoms with van der Waals surface area (Å²) >= 11 is 1.34. The number of nitrogens with one attached hydrogen (secondary N) is 1. The zero-order valence-electron chi connectivity index (χ0n) is 8.77. The lowest BCUT2D eigenvalue weighted by molar-refractivity contribution is 0.161. The summed E-state index contributed by atoms with van der Waals surface area (Å²) in [5.41, 5.74) is 5.54. The van der Waals surface area contributed by atoms with Crippen LogP contribution >= 0.6 is 11.3 Å². The number of anilines is 1. The van der Waals surface area contributed by atoms with Crippen LogP contribution in [-0.4, -0.2) is 24.2 Å². The minimum atomic E-state index is -0.807. The van der Waals surface area contributed by atoms with Gasteiger partial charge in [0.15, 0.2) is 5.13 Å². The second kappa shape index (κ2) is 4.96. The van der Waals surface area contributed by atoms with Crippen LogP contribution in [0.1, 0.15) is 0 Å². The van der Waals surface area contributed by atoms with Crippen LogP contribution in [0.3, 0.4) is 0 Å². The lowest BCUT2D eigenvalue weighted by atomic mass is 10.3. The number of nitrogens with two attached hydrogens (primary N) is 1. The Morgan fingerprint density at radius 1 is 1.59 bits per heavy atom. The Hall–Kier alpha value is -1.89. The number of amides is 1. The summed E-state index contributed by atoms with van der Waals surface area (Å²) in [5, 5.41) is 3.61. The van der Waals surface area contributed by atoms with Gasteiger partial charge in [-0.1, -0.05) is 11.3 Å². The molecule has 1 aromatic carbocycles. The average molecular weight is 255 g/mol. The van der Waals surface area contributed by atoms with E-state index >= 15 is 0 Å². The number of hydrogen-bond donors (Lipinski definition) is 2. The van der Waals surface area contributed by atoms with Crippen molar-refractivity contribution >= 4 is 32.8 Å². The van der Waals surface area contributed by atoms with Gasteiger partial charge in [0.25, 0.3) is 0 Å². The quantitative estimate of drug-likeness (QED) is 0.818. The van der Waals surface area contributed by atoms with E-state index in [-0.39, 0.29) is 12.4 Å². The molecule has 1 aromatic heterocycles. The number of halogens is 1. The molecule has 0 aliphatic carbocycles. The molecule has 0 bridgehead atoms.